The van der Waals surface area contributed by atoms with Gasteiger partial charge in [0.15, 0.2) is 4.54 Å². The molecular formula is C20H24N3O3+. The van der Waals surface area contributed by atoms with Crippen molar-refractivity contribution in [2.75, 3.05) is 13.1 Å². The zero-order valence-electron chi connectivity index (χ0n) is 14.8. The van der Waals surface area contributed by atoms with Crippen LogP contribution in [0.3, 0.4) is 0 Å². The molecular weight excluding hydrogens is 330 g/mol. The first-order valence-electron chi connectivity index (χ1n) is 9.52. The van der Waals surface area contributed by atoms with Gasteiger partial charge in [-0.1, -0.05) is 12.5 Å². The summed E-state index contributed by atoms with van der Waals surface area (Å²) in [7, 11) is 0. The second kappa shape index (κ2) is 6.21. The Labute approximate surface area is 152 Å². The molecule has 26 heavy (non-hydrogen) atoms. The van der Waals surface area contributed by atoms with Gasteiger partial charge in [-0.3, -0.25) is 4.90 Å². The van der Waals surface area contributed by atoms with E-state index in [0.717, 1.165) is 54.4 Å². The van der Waals surface area contributed by atoms with Crippen molar-refractivity contribution in [1.29, 1.82) is 0 Å². The van der Waals surface area contributed by atoms with Crippen LogP contribution in [-0.4, -0.2) is 34.9 Å². The number of fused-ring (bicyclic) bond motifs is 1. The number of ether oxygens (including phenoxy) is 2. The van der Waals surface area contributed by atoms with E-state index in [2.05, 4.69) is 16.1 Å². The number of hydrogen-bond acceptors (Lipinski definition) is 4. The average Bonchev–Trinajstić information content (AvgIpc) is 2.63. The van der Waals surface area contributed by atoms with Gasteiger partial charge in [0, 0.05) is 49.2 Å². The highest BCUT2D eigenvalue weighted by atomic mass is 16.7. The summed E-state index contributed by atoms with van der Waals surface area (Å²) in [6, 6.07) is 8.75. The van der Waals surface area contributed by atoms with Gasteiger partial charge in [-0.15, -0.1) is 5.10 Å². The second-order valence-electron chi connectivity index (χ2n) is 7.61. The number of likely N-dealkylation sites (tertiary alicyclic amines) is 1. The second-order valence-corrected chi connectivity index (χ2v) is 7.61. The van der Waals surface area contributed by atoms with Crippen molar-refractivity contribution >= 4 is 0 Å². The SMILES string of the molecule is O=[n+]1ccc(-c2ccc3c(c2)COC2(CCN(C4CCC4)CC2)O3)c[nH]1. The number of benzene rings is 1. The average molecular weight is 354 g/mol. The minimum absolute atomic E-state index is 0.455. The van der Waals surface area contributed by atoms with E-state index in [9.17, 15) is 4.91 Å². The van der Waals surface area contributed by atoms with Crippen molar-refractivity contribution in [3.05, 3.63) is 47.1 Å². The number of rotatable bonds is 2. The molecule has 2 aromatic rings. The zero-order valence-corrected chi connectivity index (χ0v) is 14.8. The quantitative estimate of drug-likeness (QED) is 0.843. The van der Waals surface area contributed by atoms with Crippen LogP contribution < -0.4 is 9.28 Å². The first-order chi connectivity index (χ1) is 12.7. The molecule has 1 saturated heterocycles. The van der Waals surface area contributed by atoms with Crippen LogP contribution in [-0.2, 0) is 11.3 Å². The standard InChI is InChI=1S/C20H24N3O3/c24-23-9-6-16(13-21-23)15-4-5-19-17(12-15)14-25-20(26-19)7-10-22(11-8-20)18-2-1-3-18/h4-6,9,12-13,18H,1-3,7-8,10-11,14H2,(H,21,24)/q+1. The summed E-state index contributed by atoms with van der Waals surface area (Å²) in [5.74, 6) is 0.472. The minimum atomic E-state index is -0.455. The molecule has 5 rings (SSSR count). The maximum atomic E-state index is 11.2. The maximum absolute atomic E-state index is 11.2. The van der Waals surface area contributed by atoms with E-state index in [1.165, 1.54) is 25.5 Å². The largest absolute Gasteiger partial charge is 0.462 e. The van der Waals surface area contributed by atoms with E-state index in [4.69, 9.17) is 9.47 Å². The van der Waals surface area contributed by atoms with Crippen LogP contribution in [0.1, 0.15) is 37.7 Å². The molecule has 1 aliphatic carbocycles. The summed E-state index contributed by atoms with van der Waals surface area (Å²) < 4.78 is 13.2. The maximum Gasteiger partial charge on any atom is 0.258 e. The summed E-state index contributed by atoms with van der Waals surface area (Å²) in [6.45, 7) is 2.70. The first-order valence-corrected chi connectivity index (χ1v) is 9.52. The van der Waals surface area contributed by atoms with E-state index in [0.29, 0.717) is 11.1 Å². The van der Waals surface area contributed by atoms with Gasteiger partial charge < -0.3 is 9.47 Å². The number of aromatic nitrogens is 2. The predicted molar refractivity (Wildman–Crippen MR) is 96.2 cm³/mol. The molecule has 3 aliphatic rings. The fourth-order valence-corrected chi connectivity index (χ4v) is 4.19. The van der Waals surface area contributed by atoms with Crippen molar-refractivity contribution in [3.8, 4) is 16.9 Å². The van der Waals surface area contributed by atoms with Crippen LogP contribution in [0.25, 0.3) is 11.1 Å². The Kier molecular flexibility index (Phi) is 3.83. The van der Waals surface area contributed by atoms with Crippen LogP contribution in [0.2, 0.25) is 0 Å². The van der Waals surface area contributed by atoms with E-state index in [-0.39, 0.29) is 0 Å². The highest BCUT2D eigenvalue weighted by Gasteiger charge is 2.42. The molecule has 0 unspecified atom stereocenters. The Morgan fingerprint density at radius 2 is 2.00 bits per heavy atom. The molecule has 1 spiro atoms. The van der Waals surface area contributed by atoms with Gasteiger partial charge in [-0.2, -0.15) is 0 Å². The van der Waals surface area contributed by atoms with Gasteiger partial charge in [0.25, 0.3) is 6.20 Å². The van der Waals surface area contributed by atoms with E-state index < -0.39 is 5.79 Å². The first kappa shape index (κ1) is 16.0. The van der Waals surface area contributed by atoms with Crippen molar-refractivity contribution in [2.45, 2.75) is 50.5 Å². The lowest BCUT2D eigenvalue weighted by atomic mass is 9.89. The fraction of sp³-hybridized carbons (Fsp3) is 0.500. The van der Waals surface area contributed by atoms with Gasteiger partial charge >= 0.3 is 0 Å². The summed E-state index contributed by atoms with van der Waals surface area (Å²) in [5.41, 5.74) is 3.07. The highest BCUT2D eigenvalue weighted by Crippen LogP contribution is 2.40. The smallest absolute Gasteiger partial charge is 0.258 e. The molecule has 2 aliphatic heterocycles. The molecule has 136 valence electrons. The Morgan fingerprint density at radius 3 is 2.69 bits per heavy atom. The van der Waals surface area contributed by atoms with Crippen molar-refractivity contribution in [1.82, 2.24) is 10.00 Å². The lowest BCUT2D eigenvalue weighted by Gasteiger charge is -2.47. The minimum Gasteiger partial charge on any atom is -0.462 e. The van der Waals surface area contributed by atoms with Gasteiger partial charge in [0.1, 0.15) is 5.75 Å². The topological polar surface area (TPSA) is 60.5 Å². The Balaban J connectivity index is 1.32. The third-order valence-corrected chi connectivity index (χ3v) is 6.07. The third-order valence-electron chi connectivity index (χ3n) is 6.07. The van der Waals surface area contributed by atoms with Crippen LogP contribution in [0.15, 0.2) is 36.7 Å². The normalized spacial score (nSPS) is 22.5. The summed E-state index contributed by atoms with van der Waals surface area (Å²) in [5, 5.41) is 2.64. The Hall–Kier alpha value is -2.18. The summed E-state index contributed by atoms with van der Waals surface area (Å²) >= 11 is 0. The zero-order chi connectivity index (χ0) is 17.6. The van der Waals surface area contributed by atoms with E-state index in [1.54, 1.807) is 12.3 Å². The number of piperidine rings is 1. The molecule has 3 heterocycles. The van der Waals surface area contributed by atoms with Gasteiger partial charge in [-0.05, 0) is 30.5 Å². The van der Waals surface area contributed by atoms with Crippen molar-refractivity contribution in [3.63, 3.8) is 0 Å². The Bertz CT molecular complexity index is 846. The molecule has 6 nitrogen and oxygen atoms in total. The van der Waals surface area contributed by atoms with Crippen LogP contribution in [0.5, 0.6) is 5.75 Å². The van der Waals surface area contributed by atoms with Gasteiger partial charge in [0.05, 0.1) is 17.7 Å². The monoisotopic (exact) mass is 354 g/mol. The van der Waals surface area contributed by atoms with E-state index >= 15 is 0 Å². The van der Waals surface area contributed by atoms with E-state index in [1.807, 2.05) is 12.1 Å². The molecule has 1 N–H and O–H groups in total. The molecule has 6 heteroatoms. The third kappa shape index (κ3) is 2.83. The van der Waals surface area contributed by atoms with Gasteiger partial charge in [-0.25, -0.2) is 0 Å². The number of aromatic amines is 1. The molecule has 0 bridgehead atoms. The number of nitrogens with one attached hydrogen (secondary N) is 1. The van der Waals surface area contributed by atoms with Crippen molar-refractivity contribution < 1.29 is 14.0 Å². The van der Waals surface area contributed by atoms with Crippen LogP contribution in [0, 0.1) is 4.91 Å². The van der Waals surface area contributed by atoms with Crippen LogP contribution in [0.4, 0.5) is 0 Å². The fourth-order valence-electron chi connectivity index (χ4n) is 4.19. The van der Waals surface area contributed by atoms with Gasteiger partial charge in [0.2, 0.25) is 5.79 Å². The van der Waals surface area contributed by atoms with Crippen molar-refractivity contribution in [2.24, 2.45) is 0 Å². The lowest BCUT2D eigenvalue weighted by molar-refractivity contribution is -0.564. The molecule has 2 fully saturated rings. The number of hydrogen-bond donors (Lipinski definition) is 1. The Morgan fingerprint density at radius 1 is 1.15 bits per heavy atom. The summed E-state index contributed by atoms with van der Waals surface area (Å²) in [6.07, 6.45) is 9.11. The lowest BCUT2D eigenvalue weighted by Crippen LogP contribution is -2.54. The molecule has 0 amide bonds. The number of H-pyrrole nitrogens is 1. The predicted octanol–water partition coefficient (Wildman–Crippen LogP) is 2.85. The molecule has 0 radical (unpaired) electrons. The number of nitrogens with zero attached hydrogens (tertiary/aromatic N) is 2. The molecule has 1 aromatic heterocycles. The molecule has 0 atom stereocenters. The molecule has 1 aromatic carbocycles. The highest BCUT2D eigenvalue weighted by molar-refractivity contribution is 5.64. The van der Waals surface area contributed by atoms with Crippen LogP contribution >= 0.6 is 0 Å². The molecule has 1 saturated carbocycles. The summed E-state index contributed by atoms with van der Waals surface area (Å²) in [4.78, 5) is 13.8.